The lowest BCUT2D eigenvalue weighted by atomic mass is 10.1. The molecule has 0 spiro atoms. The highest BCUT2D eigenvalue weighted by Gasteiger charge is 2.24. The molecule has 0 unspecified atom stereocenters. The van der Waals surface area contributed by atoms with E-state index in [2.05, 4.69) is 46.2 Å². The second kappa shape index (κ2) is 9.32. The lowest BCUT2D eigenvalue weighted by molar-refractivity contribution is -0.117. The number of carbonyl (C=O) groups excluding carboxylic acids is 2. The molecule has 0 atom stereocenters. The topological polar surface area (TPSA) is 91.3 Å². The Kier molecular flexibility index (Phi) is 6.34. The van der Waals surface area contributed by atoms with E-state index in [4.69, 9.17) is 0 Å². The first-order chi connectivity index (χ1) is 15.0. The maximum atomic E-state index is 12.5. The molecule has 31 heavy (non-hydrogen) atoms. The summed E-state index contributed by atoms with van der Waals surface area (Å²) in [6.07, 6.45) is 4.53. The zero-order valence-corrected chi connectivity index (χ0v) is 18.4. The van der Waals surface area contributed by atoms with Crippen molar-refractivity contribution in [3.05, 3.63) is 59.0 Å². The number of hydrogen-bond acceptors (Lipinski definition) is 7. The van der Waals surface area contributed by atoms with Gasteiger partial charge >= 0.3 is 0 Å². The smallest absolute Gasteiger partial charge is 0.274 e. The fourth-order valence-electron chi connectivity index (χ4n) is 3.41. The Hall–Kier alpha value is -3.17. The summed E-state index contributed by atoms with van der Waals surface area (Å²) in [5, 5.41) is 5.44. The molecule has 3 heterocycles. The van der Waals surface area contributed by atoms with Crippen LogP contribution in [0.15, 0.2) is 42.2 Å². The van der Waals surface area contributed by atoms with E-state index in [1.54, 1.807) is 11.1 Å². The Balaban J connectivity index is 1.28. The van der Waals surface area contributed by atoms with Crippen molar-refractivity contribution in [1.82, 2.24) is 24.8 Å². The summed E-state index contributed by atoms with van der Waals surface area (Å²) < 4.78 is 0. The van der Waals surface area contributed by atoms with Crippen molar-refractivity contribution < 1.29 is 9.59 Å². The average Bonchev–Trinajstić information content (AvgIpc) is 3.24. The monoisotopic (exact) mass is 436 g/mol. The summed E-state index contributed by atoms with van der Waals surface area (Å²) in [5.74, 6) is -0.228. The SMILES string of the molecule is Cc1ccc(-c2csc(NC(=O)CN3CCN(C(=O)c4cnccn4)CC3)n2)cc1C. The van der Waals surface area contributed by atoms with Gasteiger partial charge in [0.1, 0.15) is 5.69 Å². The third-order valence-corrected chi connectivity index (χ3v) is 6.12. The average molecular weight is 437 g/mol. The fourth-order valence-corrected chi connectivity index (χ4v) is 4.14. The molecule has 0 saturated carbocycles. The number of amides is 2. The van der Waals surface area contributed by atoms with Crippen molar-refractivity contribution in [1.29, 1.82) is 0 Å². The number of nitrogens with zero attached hydrogens (tertiary/aromatic N) is 5. The number of aryl methyl sites for hydroxylation is 2. The standard InChI is InChI=1S/C22H24N6O2S/c1-15-3-4-17(11-16(15)2)19-14-31-22(25-19)26-20(29)13-27-7-9-28(10-8-27)21(30)18-12-23-5-6-24-18/h3-6,11-12,14H,7-10,13H2,1-2H3,(H,25,26,29). The molecule has 1 N–H and O–H groups in total. The highest BCUT2D eigenvalue weighted by molar-refractivity contribution is 7.14. The fraction of sp³-hybridized carbons (Fsp3) is 0.318. The van der Waals surface area contributed by atoms with Crippen molar-refractivity contribution in [2.45, 2.75) is 13.8 Å². The molecule has 0 radical (unpaired) electrons. The van der Waals surface area contributed by atoms with Crippen LogP contribution in [0.5, 0.6) is 0 Å². The number of aromatic nitrogens is 3. The zero-order chi connectivity index (χ0) is 21.8. The van der Waals surface area contributed by atoms with Crippen LogP contribution in [0.3, 0.4) is 0 Å². The van der Waals surface area contributed by atoms with Crippen LogP contribution in [0.2, 0.25) is 0 Å². The molecule has 8 nitrogen and oxygen atoms in total. The molecule has 2 aromatic heterocycles. The summed E-state index contributed by atoms with van der Waals surface area (Å²) in [6, 6.07) is 6.24. The summed E-state index contributed by atoms with van der Waals surface area (Å²) in [5.41, 5.74) is 4.71. The molecule has 4 rings (SSSR count). The van der Waals surface area contributed by atoms with Gasteiger partial charge in [-0.25, -0.2) is 9.97 Å². The third-order valence-electron chi connectivity index (χ3n) is 5.36. The van der Waals surface area contributed by atoms with Gasteiger partial charge in [-0.3, -0.25) is 19.5 Å². The predicted molar refractivity (Wildman–Crippen MR) is 120 cm³/mol. The Morgan fingerprint density at radius 3 is 2.61 bits per heavy atom. The third kappa shape index (κ3) is 5.12. The van der Waals surface area contributed by atoms with E-state index < -0.39 is 0 Å². The molecular formula is C22H24N6O2S. The first-order valence-corrected chi connectivity index (χ1v) is 11.0. The Morgan fingerprint density at radius 1 is 1.10 bits per heavy atom. The second-order valence-corrected chi connectivity index (χ2v) is 8.40. The number of piperazine rings is 1. The van der Waals surface area contributed by atoms with Crippen LogP contribution in [0.4, 0.5) is 5.13 Å². The number of benzene rings is 1. The number of thiazole rings is 1. The van der Waals surface area contributed by atoms with E-state index in [-0.39, 0.29) is 18.4 Å². The van der Waals surface area contributed by atoms with E-state index in [9.17, 15) is 9.59 Å². The molecule has 9 heteroatoms. The van der Waals surface area contributed by atoms with E-state index in [1.807, 2.05) is 16.3 Å². The molecule has 3 aromatic rings. The van der Waals surface area contributed by atoms with E-state index in [1.165, 1.54) is 34.9 Å². The summed E-state index contributed by atoms with van der Waals surface area (Å²) in [4.78, 5) is 41.3. The van der Waals surface area contributed by atoms with Crippen LogP contribution in [-0.2, 0) is 4.79 Å². The molecule has 1 aromatic carbocycles. The van der Waals surface area contributed by atoms with Gasteiger partial charge in [0.15, 0.2) is 5.13 Å². The van der Waals surface area contributed by atoms with Gasteiger partial charge in [0, 0.05) is 49.5 Å². The summed E-state index contributed by atoms with van der Waals surface area (Å²) in [7, 11) is 0. The van der Waals surface area contributed by atoms with Gasteiger partial charge in [-0.05, 0) is 31.0 Å². The van der Waals surface area contributed by atoms with Crippen molar-refractivity contribution in [3.8, 4) is 11.3 Å². The molecule has 1 aliphatic heterocycles. The van der Waals surface area contributed by atoms with E-state index >= 15 is 0 Å². The highest BCUT2D eigenvalue weighted by Crippen LogP contribution is 2.26. The maximum absolute atomic E-state index is 12.5. The zero-order valence-electron chi connectivity index (χ0n) is 17.5. The van der Waals surface area contributed by atoms with Gasteiger partial charge in [-0.2, -0.15) is 0 Å². The molecule has 1 saturated heterocycles. The second-order valence-electron chi connectivity index (χ2n) is 7.54. The van der Waals surface area contributed by atoms with Crippen molar-refractivity contribution in [2.75, 3.05) is 38.0 Å². The number of rotatable bonds is 5. The van der Waals surface area contributed by atoms with Crippen molar-refractivity contribution >= 4 is 28.3 Å². The van der Waals surface area contributed by atoms with E-state index in [0.717, 1.165) is 11.3 Å². The molecule has 0 aliphatic carbocycles. The molecule has 160 valence electrons. The van der Waals surface area contributed by atoms with Gasteiger partial charge in [0.05, 0.1) is 18.4 Å². The predicted octanol–water partition coefficient (Wildman–Crippen LogP) is 2.61. The number of hydrogen-bond donors (Lipinski definition) is 1. The highest BCUT2D eigenvalue weighted by atomic mass is 32.1. The number of nitrogens with one attached hydrogen (secondary N) is 1. The van der Waals surface area contributed by atoms with Gasteiger partial charge < -0.3 is 10.2 Å². The molecule has 1 fully saturated rings. The first kappa shape index (κ1) is 21.1. The minimum atomic E-state index is -0.126. The molecule has 2 amide bonds. The minimum Gasteiger partial charge on any atom is -0.335 e. The summed E-state index contributed by atoms with van der Waals surface area (Å²) in [6.45, 7) is 6.79. The van der Waals surface area contributed by atoms with Crippen molar-refractivity contribution in [2.24, 2.45) is 0 Å². The molecular weight excluding hydrogens is 412 g/mol. The lowest BCUT2D eigenvalue weighted by Gasteiger charge is -2.33. The molecule has 1 aliphatic rings. The van der Waals surface area contributed by atoms with Crippen LogP contribution in [-0.4, -0.2) is 69.3 Å². The van der Waals surface area contributed by atoms with Gasteiger partial charge in [-0.1, -0.05) is 12.1 Å². The normalized spacial score (nSPS) is 14.5. The maximum Gasteiger partial charge on any atom is 0.274 e. The Morgan fingerprint density at radius 2 is 1.90 bits per heavy atom. The van der Waals surface area contributed by atoms with E-state index in [0.29, 0.717) is 37.0 Å². The van der Waals surface area contributed by atoms with Crippen LogP contribution in [0, 0.1) is 13.8 Å². The first-order valence-electron chi connectivity index (χ1n) is 10.1. The largest absolute Gasteiger partial charge is 0.335 e. The Bertz CT molecular complexity index is 1080. The lowest BCUT2D eigenvalue weighted by Crippen LogP contribution is -2.50. The summed E-state index contributed by atoms with van der Waals surface area (Å²) >= 11 is 1.42. The van der Waals surface area contributed by atoms with Crippen LogP contribution < -0.4 is 5.32 Å². The van der Waals surface area contributed by atoms with Crippen LogP contribution >= 0.6 is 11.3 Å². The van der Waals surface area contributed by atoms with Crippen LogP contribution in [0.25, 0.3) is 11.3 Å². The number of anilines is 1. The van der Waals surface area contributed by atoms with Gasteiger partial charge in [-0.15, -0.1) is 11.3 Å². The minimum absolute atomic E-state index is 0.102. The number of carbonyl (C=O) groups is 2. The van der Waals surface area contributed by atoms with Crippen molar-refractivity contribution in [3.63, 3.8) is 0 Å². The van der Waals surface area contributed by atoms with Crippen LogP contribution in [0.1, 0.15) is 21.6 Å². The molecule has 0 bridgehead atoms. The van der Waals surface area contributed by atoms with Gasteiger partial charge in [0.25, 0.3) is 5.91 Å². The quantitative estimate of drug-likeness (QED) is 0.661. The Labute approximate surface area is 185 Å². The van der Waals surface area contributed by atoms with Gasteiger partial charge in [0.2, 0.25) is 5.91 Å².